The smallest absolute Gasteiger partial charge is 0.281 e. The van der Waals surface area contributed by atoms with Crippen molar-refractivity contribution in [3.8, 4) is 0 Å². The lowest BCUT2D eigenvalue weighted by Crippen LogP contribution is -2.39. The molecular weight excluding hydrogens is 352 g/mol. The van der Waals surface area contributed by atoms with Gasteiger partial charge in [0.25, 0.3) is 11.5 Å². The average Bonchev–Trinajstić information content (AvgIpc) is 3.32. The van der Waals surface area contributed by atoms with Crippen molar-refractivity contribution in [3.05, 3.63) is 38.6 Å². The Balaban J connectivity index is 1.54. The highest BCUT2D eigenvalue weighted by Crippen LogP contribution is 2.25. The van der Waals surface area contributed by atoms with Crippen molar-refractivity contribution >= 4 is 28.4 Å². The fraction of sp³-hybridized carbons (Fsp3) is 0.471. The lowest BCUT2D eigenvalue weighted by molar-refractivity contribution is 0.0695. The summed E-state index contributed by atoms with van der Waals surface area (Å²) in [5, 5.41) is 10.1. The number of nitrogens with zero attached hydrogens (tertiary/aromatic N) is 5. The second kappa shape index (κ2) is 6.99. The monoisotopic (exact) mass is 372 g/mol. The zero-order valence-electron chi connectivity index (χ0n) is 14.5. The number of likely N-dealkylation sites (tertiary alicyclic amines) is 1. The minimum atomic E-state index is -0.241. The molecule has 8 nitrogen and oxygen atoms in total. The molecule has 0 aromatic carbocycles. The molecule has 3 aromatic rings. The van der Waals surface area contributed by atoms with Crippen LogP contribution in [0.2, 0.25) is 0 Å². The van der Waals surface area contributed by atoms with Crippen molar-refractivity contribution in [2.45, 2.75) is 38.6 Å². The number of thiophene rings is 1. The van der Waals surface area contributed by atoms with Crippen LogP contribution in [0, 0.1) is 0 Å². The van der Waals surface area contributed by atoms with E-state index in [1.165, 1.54) is 11.3 Å². The predicted octanol–water partition coefficient (Wildman–Crippen LogP) is 2.01. The SMILES string of the molecule is CCCc1nc2c(nnn2C2CCN(C(=O)c3cccs3)CC2)c(=O)[nH]1. The Morgan fingerprint density at radius 2 is 2.19 bits per heavy atom. The van der Waals surface area contributed by atoms with E-state index in [0.29, 0.717) is 31.0 Å². The number of H-pyrrole nitrogens is 1. The summed E-state index contributed by atoms with van der Waals surface area (Å²) in [6.07, 6.45) is 3.16. The van der Waals surface area contributed by atoms with Gasteiger partial charge in [-0.15, -0.1) is 16.4 Å². The Labute approximate surface area is 153 Å². The van der Waals surface area contributed by atoms with Crippen LogP contribution in [0.25, 0.3) is 11.2 Å². The number of carbonyl (C=O) groups is 1. The van der Waals surface area contributed by atoms with E-state index in [2.05, 4.69) is 20.3 Å². The fourth-order valence-electron chi connectivity index (χ4n) is 3.36. The molecule has 0 aliphatic carbocycles. The summed E-state index contributed by atoms with van der Waals surface area (Å²) in [6, 6.07) is 3.84. The summed E-state index contributed by atoms with van der Waals surface area (Å²) in [4.78, 5) is 34.6. The molecule has 136 valence electrons. The van der Waals surface area contributed by atoms with E-state index in [0.717, 1.165) is 24.1 Å². The zero-order chi connectivity index (χ0) is 18.1. The van der Waals surface area contributed by atoms with Crippen LogP contribution in [0.15, 0.2) is 22.3 Å². The Hall–Kier alpha value is -2.55. The van der Waals surface area contributed by atoms with Gasteiger partial charge in [-0.25, -0.2) is 9.67 Å². The zero-order valence-corrected chi connectivity index (χ0v) is 15.3. The van der Waals surface area contributed by atoms with E-state index in [-0.39, 0.29) is 23.0 Å². The molecule has 4 heterocycles. The summed E-state index contributed by atoms with van der Waals surface area (Å²) < 4.78 is 1.76. The third-order valence-corrected chi connectivity index (χ3v) is 5.56. The number of amides is 1. The first-order chi connectivity index (χ1) is 12.7. The molecule has 0 spiro atoms. The van der Waals surface area contributed by atoms with Crippen LogP contribution in [-0.4, -0.2) is 48.9 Å². The van der Waals surface area contributed by atoms with Gasteiger partial charge in [0.2, 0.25) is 0 Å². The maximum Gasteiger partial charge on any atom is 0.281 e. The fourth-order valence-corrected chi connectivity index (χ4v) is 4.05. The molecule has 0 unspecified atom stereocenters. The maximum atomic E-state index is 12.5. The normalized spacial score (nSPS) is 15.7. The molecule has 0 atom stereocenters. The van der Waals surface area contributed by atoms with Crippen LogP contribution in [0.5, 0.6) is 0 Å². The first kappa shape index (κ1) is 16.9. The van der Waals surface area contributed by atoms with Gasteiger partial charge in [0, 0.05) is 19.5 Å². The predicted molar refractivity (Wildman–Crippen MR) is 98.4 cm³/mol. The van der Waals surface area contributed by atoms with E-state index in [1.54, 1.807) is 4.68 Å². The standard InChI is InChI=1S/C17H20N6O2S/c1-2-4-13-18-15-14(16(24)19-13)20-21-23(15)11-6-8-22(9-7-11)17(25)12-5-3-10-26-12/h3,5,10-11H,2,4,6-9H2,1H3,(H,18,19,24). The molecule has 1 aliphatic heterocycles. The molecule has 3 aromatic heterocycles. The number of carbonyl (C=O) groups excluding carboxylic acids is 1. The van der Waals surface area contributed by atoms with Crippen molar-refractivity contribution in [2.75, 3.05) is 13.1 Å². The largest absolute Gasteiger partial charge is 0.338 e. The van der Waals surface area contributed by atoms with Gasteiger partial charge in [-0.3, -0.25) is 9.59 Å². The summed E-state index contributed by atoms with van der Waals surface area (Å²) in [7, 11) is 0. The molecule has 4 rings (SSSR count). The molecule has 1 fully saturated rings. The molecule has 26 heavy (non-hydrogen) atoms. The Bertz CT molecular complexity index is 969. The topological polar surface area (TPSA) is 96.8 Å². The Kier molecular flexibility index (Phi) is 4.54. The molecule has 0 saturated carbocycles. The number of aryl methyl sites for hydroxylation is 1. The van der Waals surface area contributed by atoms with Crippen LogP contribution in [-0.2, 0) is 6.42 Å². The van der Waals surface area contributed by atoms with E-state index >= 15 is 0 Å². The molecule has 1 amide bonds. The van der Waals surface area contributed by atoms with E-state index in [1.807, 2.05) is 29.3 Å². The highest BCUT2D eigenvalue weighted by atomic mass is 32.1. The van der Waals surface area contributed by atoms with Gasteiger partial charge < -0.3 is 9.88 Å². The summed E-state index contributed by atoms with van der Waals surface area (Å²) in [5.41, 5.74) is 0.581. The summed E-state index contributed by atoms with van der Waals surface area (Å²) >= 11 is 1.47. The van der Waals surface area contributed by atoms with Crippen molar-refractivity contribution in [1.82, 2.24) is 29.9 Å². The highest BCUT2D eigenvalue weighted by molar-refractivity contribution is 7.12. The van der Waals surface area contributed by atoms with Crippen LogP contribution in [0.4, 0.5) is 0 Å². The van der Waals surface area contributed by atoms with Crippen LogP contribution < -0.4 is 5.56 Å². The van der Waals surface area contributed by atoms with Crippen molar-refractivity contribution in [3.63, 3.8) is 0 Å². The van der Waals surface area contributed by atoms with Crippen molar-refractivity contribution in [1.29, 1.82) is 0 Å². The maximum absolute atomic E-state index is 12.5. The molecule has 1 saturated heterocycles. The summed E-state index contributed by atoms with van der Waals surface area (Å²) in [6.45, 7) is 3.36. The van der Waals surface area contributed by atoms with Gasteiger partial charge in [0.1, 0.15) is 5.82 Å². The van der Waals surface area contributed by atoms with Crippen LogP contribution in [0.1, 0.15) is 47.7 Å². The van der Waals surface area contributed by atoms with E-state index in [4.69, 9.17) is 0 Å². The van der Waals surface area contributed by atoms with Gasteiger partial charge in [0.05, 0.1) is 10.9 Å². The molecule has 9 heteroatoms. The lowest BCUT2D eigenvalue weighted by Gasteiger charge is -2.31. The number of hydrogen-bond acceptors (Lipinski definition) is 6. The first-order valence-electron chi connectivity index (χ1n) is 8.84. The average molecular weight is 372 g/mol. The van der Waals surface area contributed by atoms with Crippen molar-refractivity contribution < 1.29 is 4.79 Å². The van der Waals surface area contributed by atoms with E-state index in [9.17, 15) is 9.59 Å². The number of aromatic nitrogens is 5. The van der Waals surface area contributed by atoms with Gasteiger partial charge in [0.15, 0.2) is 11.2 Å². The molecule has 0 radical (unpaired) electrons. The third-order valence-electron chi connectivity index (χ3n) is 4.70. The molecule has 0 bridgehead atoms. The number of fused-ring (bicyclic) bond motifs is 1. The second-order valence-corrected chi connectivity index (χ2v) is 7.42. The Morgan fingerprint density at radius 3 is 2.88 bits per heavy atom. The van der Waals surface area contributed by atoms with Crippen molar-refractivity contribution in [2.24, 2.45) is 0 Å². The molecular formula is C17H20N6O2S. The van der Waals surface area contributed by atoms with Crippen LogP contribution >= 0.6 is 11.3 Å². The Morgan fingerprint density at radius 1 is 1.38 bits per heavy atom. The second-order valence-electron chi connectivity index (χ2n) is 6.47. The lowest BCUT2D eigenvalue weighted by atomic mass is 10.1. The molecule has 1 N–H and O–H groups in total. The highest BCUT2D eigenvalue weighted by Gasteiger charge is 2.27. The quantitative estimate of drug-likeness (QED) is 0.756. The number of aromatic amines is 1. The van der Waals surface area contributed by atoms with Gasteiger partial charge in [-0.05, 0) is 30.7 Å². The number of rotatable bonds is 4. The van der Waals surface area contributed by atoms with Gasteiger partial charge >= 0.3 is 0 Å². The van der Waals surface area contributed by atoms with Crippen LogP contribution in [0.3, 0.4) is 0 Å². The minimum Gasteiger partial charge on any atom is -0.338 e. The van der Waals surface area contributed by atoms with Gasteiger partial charge in [-0.1, -0.05) is 18.2 Å². The molecule has 1 aliphatic rings. The number of piperidine rings is 1. The van der Waals surface area contributed by atoms with E-state index < -0.39 is 0 Å². The third kappa shape index (κ3) is 3.03. The minimum absolute atomic E-state index is 0.0849. The number of hydrogen-bond donors (Lipinski definition) is 1. The first-order valence-corrected chi connectivity index (χ1v) is 9.72. The van der Waals surface area contributed by atoms with Gasteiger partial charge in [-0.2, -0.15) is 0 Å². The number of nitrogens with one attached hydrogen (secondary N) is 1. The summed E-state index contributed by atoms with van der Waals surface area (Å²) in [5.74, 6) is 0.751.